The summed E-state index contributed by atoms with van der Waals surface area (Å²) in [6.07, 6.45) is 0. The van der Waals surface area contributed by atoms with Crippen molar-refractivity contribution in [3.8, 4) is 0 Å². The standard InChI is InChI=1S/C8H5F2N/c1-4-6-2-5(9)3-7(10)8(6)11-4/h2-3H,1H3. The maximum Gasteiger partial charge on any atom is 0.152 e. The second-order valence-corrected chi connectivity index (χ2v) is 2.48. The average Bonchev–Trinajstić information content (AvgIpc) is 1.93. The largest absolute Gasteiger partial charge is 0.249 e. The number of benzene rings is 1. The summed E-state index contributed by atoms with van der Waals surface area (Å²) in [6, 6.07) is 2.13. The van der Waals surface area contributed by atoms with Crippen LogP contribution in [0.1, 0.15) is 6.92 Å². The fourth-order valence-electron chi connectivity index (χ4n) is 1.13. The van der Waals surface area contributed by atoms with Gasteiger partial charge in [0.05, 0.1) is 0 Å². The lowest BCUT2D eigenvalue weighted by molar-refractivity contribution is 0.568. The molecule has 1 nitrogen and oxygen atoms in total. The van der Waals surface area contributed by atoms with Crippen LogP contribution in [0.2, 0.25) is 0 Å². The van der Waals surface area contributed by atoms with Crippen LogP contribution in [0, 0.1) is 11.6 Å². The first-order valence-corrected chi connectivity index (χ1v) is 3.23. The maximum absolute atomic E-state index is 12.7. The van der Waals surface area contributed by atoms with Crippen LogP contribution in [0.15, 0.2) is 17.1 Å². The van der Waals surface area contributed by atoms with Crippen LogP contribution in [0.5, 0.6) is 0 Å². The first kappa shape index (κ1) is 6.46. The molecule has 0 aromatic heterocycles. The molecule has 0 N–H and O–H groups in total. The summed E-state index contributed by atoms with van der Waals surface area (Å²) in [4.78, 5) is 3.80. The van der Waals surface area contributed by atoms with Crippen molar-refractivity contribution in [1.82, 2.24) is 0 Å². The Morgan fingerprint density at radius 1 is 1.27 bits per heavy atom. The molecule has 0 saturated heterocycles. The van der Waals surface area contributed by atoms with Gasteiger partial charge in [-0.1, -0.05) is 0 Å². The van der Waals surface area contributed by atoms with Crippen LogP contribution in [0.25, 0.3) is 5.70 Å². The minimum absolute atomic E-state index is 0.281. The molecular formula is C8H5F2N. The molecule has 11 heavy (non-hydrogen) atoms. The lowest BCUT2D eigenvalue weighted by atomic mass is 10.2. The highest BCUT2D eigenvalue weighted by molar-refractivity contribution is 5.46. The lowest BCUT2D eigenvalue weighted by Gasteiger charge is -2.04. The van der Waals surface area contributed by atoms with E-state index in [-0.39, 0.29) is 5.36 Å². The maximum atomic E-state index is 12.7. The minimum Gasteiger partial charge on any atom is -0.249 e. The first-order chi connectivity index (χ1) is 5.18. The Labute approximate surface area is 61.7 Å². The number of nitrogens with zero attached hydrogens (tertiary/aromatic N) is 1. The molecule has 1 aliphatic heterocycles. The Hall–Kier alpha value is -1.25. The SMILES string of the molecule is CC1=c2cc(F)cc(F)c2=N1. The molecule has 56 valence electrons. The van der Waals surface area contributed by atoms with E-state index >= 15 is 0 Å². The molecule has 3 heteroatoms. The molecule has 0 amide bonds. The van der Waals surface area contributed by atoms with E-state index in [1.165, 1.54) is 6.07 Å². The second-order valence-electron chi connectivity index (χ2n) is 2.48. The Morgan fingerprint density at radius 3 is 2.64 bits per heavy atom. The van der Waals surface area contributed by atoms with Crippen LogP contribution in [-0.4, -0.2) is 0 Å². The van der Waals surface area contributed by atoms with E-state index in [1.807, 2.05) is 0 Å². The second kappa shape index (κ2) is 1.87. The zero-order valence-corrected chi connectivity index (χ0v) is 5.86. The van der Waals surface area contributed by atoms with Crippen LogP contribution < -0.4 is 10.6 Å². The van der Waals surface area contributed by atoms with Crippen molar-refractivity contribution in [3.63, 3.8) is 0 Å². The molecule has 2 rings (SSSR count). The third-order valence-corrected chi connectivity index (χ3v) is 1.70. The van der Waals surface area contributed by atoms with Crippen LogP contribution in [0.3, 0.4) is 0 Å². The van der Waals surface area contributed by atoms with Gasteiger partial charge >= 0.3 is 0 Å². The van der Waals surface area contributed by atoms with Crippen molar-refractivity contribution in [3.05, 3.63) is 34.3 Å². The normalized spacial score (nSPS) is 13.5. The van der Waals surface area contributed by atoms with Crippen molar-refractivity contribution in [1.29, 1.82) is 0 Å². The third kappa shape index (κ3) is 0.770. The van der Waals surface area contributed by atoms with E-state index in [4.69, 9.17) is 0 Å². The predicted molar refractivity (Wildman–Crippen MR) is 36.2 cm³/mol. The molecule has 1 aliphatic rings. The summed E-state index contributed by atoms with van der Waals surface area (Å²) in [5.74, 6) is -1.12. The predicted octanol–water partition coefficient (Wildman–Crippen LogP) is 0.726. The molecule has 1 aromatic carbocycles. The van der Waals surface area contributed by atoms with Gasteiger partial charge in [0.15, 0.2) is 5.82 Å². The highest BCUT2D eigenvalue weighted by Gasteiger charge is 2.09. The highest BCUT2D eigenvalue weighted by atomic mass is 19.1. The van der Waals surface area contributed by atoms with E-state index in [0.717, 1.165) is 6.07 Å². The van der Waals surface area contributed by atoms with Gasteiger partial charge in [-0.2, -0.15) is 0 Å². The molecule has 0 spiro atoms. The van der Waals surface area contributed by atoms with Gasteiger partial charge in [-0.3, -0.25) is 0 Å². The van der Waals surface area contributed by atoms with Gasteiger partial charge in [0, 0.05) is 17.0 Å². The summed E-state index contributed by atoms with van der Waals surface area (Å²) in [5.41, 5.74) is 0.693. The fraction of sp³-hybridized carbons (Fsp3) is 0.125. The number of fused-ring (bicyclic) bond motifs is 1. The van der Waals surface area contributed by atoms with Crippen molar-refractivity contribution in [2.24, 2.45) is 4.99 Å². The van der Waals surface area contributed by atoms with Gasteiger partial charge in [-0.15, -0.1) is 0 Å². The lowest BCUT2D eigenvalue weighted by Crippen LogP contribution is -2.37. The molecule has 1 aromatic rings. The zero-order valence-electron chi connectivity index (χ0n) is 5.86. The van der Waals surface area contributed by atoms with Crippen molar-refractivity contribution >= 4 is 5.70 Å². The molecule has 0 atom stereocenters. The Kier molecular flexibility index (Phi) is 1.10. The summed E-state index contributed by atoms with van der Waals surface area (Å²) in [5, 5.41) is 0.867. The molecule has 0 aliphatic carbocycles. The summed E-state index contributed by atoms with van der Waals surface area (Å²) >= 11 is 0. The molecule has 1 heterocycles. The van der Waals surface area contributed by atoms with Gasteiger partial charge in [-0.25, -0.2) is 13.8 Å². The van der Waals surface area contributed by atoms with Gasteiger partial charge in [0.1, 0.15) is 11.2 Å². The van der Waals surface area contributed by atoms with E-state index in [0.29, 0.717) is 10.9 Å². The smallest absolute Gasteiger partial charge is 0.152 e. The molecule has 0 unspecified atom stereocenters. The van der Waals surface area contributed by atoms with Crippen LogP contribution >= 0.6 is 0 Å². The van der Waals surface area contributed by atoms with E-state index in [2.05, 4.69) is 4.99 Å². The molecule has 0 fully saturated rings. The first-order valence-electron chi connectivity index (χ1n) is 3.23. The monoisotopic (exact) mass is 153 g/mol. The number of hydrogen-bond acceptors (Lipinski definition) is 1. The minimum atomic E-state index is -0.578. The van der Waals surface area contributed by atoms with Crippen molar-refractivity contribution in [2.75, 3.05) is 0 Å². The quantitative estimate of drug-likeness (QED) is 0.521. The Bertz CT molecular complexity index is 434. The van der Waals surface area contributed by atoms with Gasteiger partial charge in [0.2, 0.25) is 0 Å². The Balaban J connectivity index is 2.90. The summed E-state index contributed by atoms with van der Waals surface area (Å²) < 4.78 is 25.2. The number of halogens is 2. The number of hydrogen-bond donors (Lipinski definition) is 0. The molecule has 0 radical (unpaired) electrons. The Morgan fingerprint density at radius 2 is 2.00 bits per heavy atom. The van der Waals surface area contributed by atoms with E-state index in [1.54, 1.807) is 6.92 Å². The van der Waals surface area contributed by atoms with E-state index < -0.39 is 11.6 Å². The van der Waals surface area contributed by atoms with Gasteiger partial charge in [-0.05, 0) is 13.0 Å². The number of rotatable bonds is 0. The van der Waals surface area contributed by atoms with E-state index in [9.17, 15) is 8.78 Å². The summed E-state index contributed by atoms with van der Waals surface area (Å²) in [7, 11) is 0. The van der Waals surface area contributed by atoms with Crippen LogP contribution in [0.4, 0.5) is 8.78 Å². The van der Waals surface area contributed by atoms with Crippen molar-refractivity contribution in [2.45, 2.75) is 6.92 Å². The molecular weight excluding hydrogens is 148 g/mol. The third-order valence-electron chi connectivity index (χ3n) is 1.70. The molecule has 0 saturated carbocycles. The highest BCUT2D eigenvalue weighted by Crippen LogP contribution is 2.01. The zero-order chi connectivity index (χ0) is 8.01. The fourth-order valence-corrected chi connectivity index (χ4v) is 1.13. The summed E-state index contributed by atoms with van der Waals surface area (Å²) in [6.45, 7) is 1.72. The molecule has 0 bridgehead atoms. The van der Waals surface area contributed by atoms with Gasteiger partial charge in [0.25, 0.3) is 0 Å². The van der Waals surface area contributed by atoms with Gasteiger partial charge < -0.3 is 0 Å². The average molecular weight is 153 g/mol. The van der Waals surface area contributed by atoms with Crippen LogP contribution in [-0.2, 0) is 0 Å². The topological polar surface area (TPSA) is 12.4 Å². The van der Waals surface area contributed by atoms with Crippen molar-refractivity contribution < 1.29 is 8.78 Å².